The summed E-state index contributed by atoms with van der Waals surface area (Å²) in [5.41, 5.74) is 0.914. The van der Waals surface area contributed by atoms with Crippen LogP contribution in [0.3, 0.4) is 0 Å². The molecule has 15 heavy (non-hydrogen) atoms. The van der Waals surface area contributed by atoms with E-state index in [2.05, 4.69) is 26.2 Å². The number of nitrogens with zero attached hydrogens (tertiary/aromatic N) is 2. The van der Waals surface area contributed by atoms with Gasteiger partial charge in [0.1, 0.15) is 10.4 Å². The predicted octanol–water partition coefficient (Wildman–Crippen LogP) is 1.49. The summed E-state index contributed by atoms with van der Waals surface area (Å²) in [6.07, 6.45) is 0. The summed E-state index contributed by atoms with van der Waals surface area (Å²) < 4.78 is 2.59. The van der Waals surface area contributed by atoms with Gasteiger partial charge in [-0.2, -0.15) is 0 Å². The van der Waals surface area contributed by atoms with Gasteiger partial charge in [0.25, 0.3) is 0 Å². The molecule has 1 saturated heterocycles. The molecule has 1 fully saturated rings. The summed E-state index contributed by atoms with van der Waals surface area (Å²) >= 11 is 3.41. The van der Waals surface area contributed by atoms with E-state index in [-0.39, 0.29) is 5.88 Å². The van der Waals surface area contributed by atoms with Crippen molar-refractivity contribution in [2.75, 3.05) is 13.1 Å². The minimum Gasteiger partial charge on any atom is -0.494 e. The topological polar surface area (TPSA) is 49.6 Å². The van der Waals surface area contributed by atoms with Crippen LogP contribution in [0.15, 0.2) is 22.8 Å². The lowest BCUT2D eigenvalue weighted by Gasteiger charge is -2.25. The zero-order valence-corrected chi connectivity index (χ0v) is 9.53. The van der Waals surface area contributed by atoms with Gasteiger partial charge in [-0.25, -0.2) is 4.98 Å². The third-order valence-electron chi connectivity index (χ3n) is 2.77. The largest absolute Gasteiger partial charge is 0.494 e. The van der Waals surface area contributed by atoms with Crippen molar-refractivity contribution in [3.8, 4) is 5.88 Å². The van der Waals surface area contributed by atoms with Crippen molar-refractivity contribution in [2.45, 2.75) is 5.92 Å². The van der Waals surface area contributed by atoms with E-state index < -0.39 is 0 Å². The third-order valence-corrected chi connectivity index (χ3v) is 3.35. The molecule has 0 saturated carbocycles. The molecule has 3 rings (SSSR count). The van der Waals surface area contributed by atoms with Gasteiger partial charge in [0.2, 0.25) is 0 Å². The van der Waals surface area contributed by atoms with Crippen LogP contribution in [-0.4, -0.2) is 27.6 Å². The third kappa shape index (κ3) is 1.27. The summed E-state index contributed by atoms with van der Waals surface area (Å²) in [7, 11) is 0. The van der Waals surface area contributed by atoms with E-state index in [1.807, 2.05) is 12.1 Å². The first-order chi connectivity index (χ1) is 7.27. The fourth-order valence-electron chi connectivity index (χ4n) is 1.85. The highest BCUT2D eigenvalue weighted by Gasteiger charge is 2.25. The van der Waals surface area contributed by atoms with Gasteiger partial charge in [-0.1, -0.05) is 6.07 Å². The minimum absolute atomic E-state index is 0.243. The molecule has 1 aliphatic rings. The Hall–Kier alpha value is -1.07. The quantitative estimate of drug-likeness (QED) is 0.823. The predicted molar refractivity (Wildman–Crippen MR) is 60.2 cm³/mol. The summed E-state index contributed by atoms with van der Waals surface area (Å²) in [6, 6.07) is 5.43. The zero-order chi connectivity index (χ0) is 10.4. The monoisotopic (exact) mass is 267 g/mol. The SMILES string of the molecule is Oc1cccc2c(Br)nc(C3CNC3)n12. The van der Waals surface area contributed by atoms with Crippen LogP contribution >= 0.6 is 15.9 Å². The van der Waals surface area contributed by atoms with Crippen LogP contribution in [0.1, 0.15) is 11.7 Å². The number of nitrogens with one attached hydrogen (secondary N) is 1. The Morgan fingerprint density at radius 2 is 2.27 bits per heavy atom. The Bertz CT molecular complexity index is 519. The molecule has 0 amide bonds. The summed E-state index contributed by atoms with van der Waals surface area (Å²) in [6.45, 7) is 1.86. The highest BCUT2D eigenvalue weighted by atomic mass is 79.9. The van der Waals surface area contributed by atoms with E-state index >= 15 is 0 Å². The summed E-state index contributed by atoms with van der Waals surface area (Å²) in [4.78, 5) is 4.45. The van der Waals surface area contributed by atoms with Gasteiger partial charge < -0.3 is 10.4 Å². The molecule has 0 aromatic carbocycles. The maximum Gasteiger partial charge on any atom is 0.197 e. The lowest BCUT2D eigenvalue weighted by atomic mass is 10.0. The first-order valence-corrected chi connectivity index (χ1v) is 5.63. The summed E-state index contributed by atoms with van der Waals surface area (Å²) in [5.74, 6) is 1.57. The number of aromatic nitrogens is 2. The molecule has 0 unspecified atom stereocenters. The molecule has 2 aromatic heterocycles. The van der Waals surface area contributed by atoms with Crippen LogP contribution in [-0.2, 0) is 0 Å². The zero-order valence-electron chi connectivity index (χ0n) is 7.94. The molecule has 5 heteroatoms. The average molecular weight is 268 g/mol. The van der Waals surface area contributed by atoms with E-state index in [9.17, 15) is 5.11 Å². The van der Waals surface area contributed by atoms with Gasteiger partial charge in [0.15, 0.2) is 5.88 Å². The van der Waals surface area contributed by atoms with Gasteiger partial charge in [-0.3, -0.25) is 4.40 Å². The van der Waals surface area contributed by atoms with Crippen LogP contribution < -0.4 is 5.32 Å². The van der Waals surface area contributed by atoms with E-state index in [0.717, 1.165) is 29.0 Å². The van der Waals surface area contributed by atoms with E-state index in [1.165, 1.54) is 0 Å². The van der Waals surface area contributed by atoms with Crippen LogP contribution in [0.5, 0.6) is 5.88 Å². The molecule has 0 bridgehead atoms. The summed E-state index contributed by atoms with van der Waals surface area (Å²) in [5, 5.41) is 13.0. The first-order valence-electron chi connectivity index (χ1n) is 4.84. The molecule has 1 aliphatic heterocycles. The smallest absolute Gasteiger partial charge is 0.197 e. The molecule has 2 aromatic rings. The molecule has 0 spiro atoms. The van der Waals surface area contributed by atoms with Crippen molar-refractivity contribution < 1.29 is 5.11 Å². The molecular formula is C10H10BrN3O. The number of imidazole rings is 1. The normalized spacial score (nSPS) is 16.9. The standard InChI is InChI=1S/C10H10BrN3O/c11-9-7-2-1-3-8(15)14(7)10(13-9)6-4-12-5-6/h1-3,6,12,15H,4-5H2. The highest BCUT2D eigenvalue weighted by molar-refractivity contribution is 9.10. The lowest BCUT2D eigenvalue weighted by molar-refractivity contribution is 0.406. The van der Waals surface area contributed by atoms with Crippen molar-refractivity contribution in [1.29, 1.82) is 0 Å². The van der Waals surface area contributed by atoms with Gasteiger partial charge in [-0.05, 0) is 28.1 Å². The molecule has 0 radical (unpaired) electrons. The second kappa shape index (κ2) is 3.21. The van der Waals surface area contributed by atoms with E-state index in [0.29, 0.717) is 5.92 Å². The van der Waals surface area contributed by atoms with Gasteiger partial charge in [-0.15, -0.1) is 0 Å². The fourth-order valence-corrected chi connectivity index (χ4v) is 2.34. The molecule has 0 aliphatic carbocycles. The van der Waals surface area contributed by atoms with Crippen molar-refractivity contribution in [3.63, 3.8) is 0 Å². The maximum atomic E-state index is 9.82. The molecule has 0 atom stereocenters. The number of halogens is 1. The van der Waals surface area contributed by atoms with Gasteiger partial charge in [0, 0.05) is 19.0 Å². The van der Waals surface area contributed by atoms with Crippen molar-refractivity contribution in [2.24, 2.45) is 0 Å². The van der Waals surface area contributed by atoms with Crippen molar-refractivity contribution in [1.82, 2.24) is 14.7 Å². The number of hydrogen-bond donors (Lipinski definition) is 2. The number of pyridine rings is 1. The fraction of sp³-hybridized carbons (Fsp3) is 0.300. The van der Waals surface area contributed by atoms with Gasteiger partial charge >= 0.3 is 0 Å². The highest BCUT2D eigenvalue weighted by Crippen LogP contribution is 2.29. The molecule has 78 valence electrons. The van der Waals surface area contributed by atoms with Crippen LogP contribution in [0.2, 0.25) is 0 Å². The lowest BCUT2D eigenvalue weighted by Crippen LogP contribution is -2.40. The number of rotatable bonds is 1. The Balaban J connectivity index is 2.29. The Morgan fingerprint density at radius 1 is 1.47 bits per heavy atom. The molecule has 4 nitrogen and oxygen atoms in total. The number of hydrogen-bond acceptors (Lipinski definition) is 3. The second-order valence-electron chi connectivity index (χ2n) is 3.72. The average Bonchev–Trinajstić information content (AvgIpc) is 2.43. The van der Waals surface area contributed by atoms with Crippen LogP contribution in [0.25, 0.3) is 5.52 Å². The Morgan fingerprint density at radius 3 is 2.93 bits per heavy atom. The first kappa shape index (κ1) is 9.18. The number of aromatic hydroxyl groups is 1. The molecule has 2 N–H and O–H groups in total. The van der Waals surface area contributed by atoms with Crippen molar-refractivity contribution in [3.05, 3.63) is 28.6 Å². The Kier molecular flexibility index (Phi) is 1.97. The van der Waals surface area contributed by atoms with Gasteiger partial charge in [0.05, 0.1) is 5.52 Å². The minimum atomic E-state index is 0.243. The van der Waals surface area contributed by atoms with Crippen LogP contribution in [0.4, 0.5) is 0 Å². The Labute approximate surface area is 95.1 Å². The van der Waals surface area contributed by atoms with Crippen LogP contribution in [0, 0.1) is 0 Å². The maximum absolute atomic E-state index is 9.82. The second-order valence-corrected chi connectivity index (χ2v) is 4.47. The van der Waals surface area contributed by atoms with E-state index in [4.69, 9.17) is 0 Å². The molecule has 3 heterocycles. The number of fused-ring (bicyclic) bond motifs is 1. The van der Waals surface area contributed by atoms with Crippen molar-refractivity contribution >= 4 is 21.4 Å². The van der Waals surface area contributed by atoms with E-state index in [1.54, 1.807) is 10.5 Å². The molecular weight excluding hydrogens is 258 g/mol.